The van der Waals surface area contributed by atoms with E-state index in [9.17, 15) is 9.59 Å². The molecule has 3 aromatic rings. The third-order valence-corrected chi connectivity index (χ3v) is 6.40. The van der Waals surface area contributed by atoms with E-state index < -0.39 is 0 Å². The smallest absolute Gasteiger partial charge is 0.311 e. The van der Waals surface area contributed by atoms with Gasteiger partial charge < -0.3 is 19.4 Å². The maximum atomic E-state index is 12.4. The number of rotatable bonds is 11. The number of anilines is 1. The number of halogens is 1. The molecule has 1 N–H and O–H groups in total. The minimum absolute atomic E-state index is 0.0766. The van der Waals surface area contributed by atoms with Gasteiger partial charge in [-0.1, -0.05) is 29.4 Å². The highest BCUT2D eigenvalue weighted by Crippen LogP contribution is 2.26. The molecule has 12 heteroatoms. The topological polar surface area (TPSA) is 108 Å². The lowest BCUT2D eigenvalue weighted by molar-refractivity contribution is -0.142. The number of carbonyl (C=O) groups is 2. The quantitative estimate of drug-likeness (QED) is 0.303. The molecule has 0 spiro atoms. The average molecular weight is 510 g/mol. The molecule has 0 aliphatic rings. The Hall–Kier alpha value is -2.63. The SMILES string of the molecule is CCOC(=O)Cc1csc(NC(=O)CSc2nnc(COc3cc(C)ccc3Cl)n2CC)n1. The molecule has 2 aromatic heterocycles. The summed E-state index contributed by atoms with van der Waals surface area (Å²) < 4.78 is 12.6. The number of aryl methyl sites for hydroxylation is 1. The van der Waals surface area contributed by atoms with E-state index in [0.29, 0.717) is 45.7 Å². The summed E-state index contributed by atoms with van der Waals surface area (Å²) in [7, 11) is 0. The number of thiazole rings is 1. The Morgan fingerprint density at radius 1 is 1.27 bits per heavy atom. The molecule has 0 saturated carbocycles. The lowest BCUT2D eigenvalue weighted by Gasteiger charge is -2.10. The summed E-state index contributed by atoms with van der Waals surface area (Å²) in [5, 5.41) is 14.4. The van der Waals surface area contributed by atoms with E-state index in [1.54, 1.807) is 18.4 Å². The van der Waals surface area contributed by atoms with E-state index in [-0.39, 0.29) is 30.7 Å². The van der Waals surface area contributed by atoms with E-state index in [0.717, 1.165) is 5.56 Å². The average Bonchev–Trinajstić information content (AvgIpc) is 3.38. The zero-order valence-corrected chi connectivity index (χ0v) is 20.9. The van der Waals surface area contributed by atoms with Crippen molar-refractivity contribution in [1.82, 2.24) is 19.7 Å². The van der Waals surface area contributed by atoms with Crippen LogP contribution in [0.25, 0.3) is 0 Å². The Labute approximate surface area is 204 Å². The highest BCUT2D eigenvalue weighted by molar-refractivity contribution is 7.99. The maximum Gasteiger partial charge on any atom is 0.311 e. The molecule has 0 atom stereocenters. The number of thioether (sulfide) groups is 1. The molecule has 0 unspecified atom stereocenters. The van der Waals surface area contributed by atoms with Crippen LogP contribution < -0.4 is 10.1 Å². The molecule has 0 bridgehead atoms. The molecule has 0 radical (unpaired) electrons. The molecular weight excluding hydrogens is 486 g/mol. The van der Waals surface area contributed by atoms with Gasteiger partial charge in [-0.3, -0.25) is 9.59 Å². The van der Waals surface area contributed by atoms with E-state index >= 15 is 0 Å². The van der Waals surface area contributed by atoms with Gasteiger partial charge in [-0.15, -0.1) is 21.5 Å². The third-order valence-electron chi connectivity index (χ3n) is 4.31. The van der Waals surface area contributed by atoms with E-state index in [2.05, 4.69) is 20.5 Å². The van der Waals surface area contributed by atoms with Gasteiger partial charge in [0.25, 0.3) is 0 Å². The summed E-state index contributed by atoms with van der Waals surface area (Å²) in [6.07, 6.45) is 0.0766. The molecule has 0 aliphatic carbocycles. The van der Waals surface area contributed by atoms with Crippen molar-refractivity contribution in [3.05, 3.63) is 45.7 Å². The summed E-state index contributed by atoms with van der Waals surface area (Å²) >= 11 is 8.72. The number of benzene rings is 1. The van der Waals surface area contributed by atoms with Crippen LogP contribution in [0, 0.1) is 6.92 Å². The largest absolute Gasteiger partial charge is 0.484 e. The first-order chi connectivity index (χ1) is 15.9. The van der Waals surface area contributed by atoms with Gasteiger partial charge >= 0.3 is 5.97 Å². The van der Waals surface area contributed by atoms with Crippen molar-refractivity contribution in [2.45, 2.75) is 45.5 Å². The molecule has 0 fully saturated rings. The Morgan fingerprint density at radius 2 is 2.09 bits per heavy atom. The summed E-state index contributed by atoms with van der Waals surface area (Å²) in [5.41, 5.74) is 1.60. The molecule has 9 nitrogen and oxygen atoms in total. The van der Waals surface area contributed by atoms with Gasteiger partial charge in [0.15, 0.2) is 16.1 Å². The number of aromatic nitrogens is 4. The summed E-state index contributed by atoms with van der Waals surface area (Å²) in [6, 6.07) is 5.57. The predicted octanol–water partition coefficient (Wildman–Crippen LogP) is 4.13. The number of hydrogen-bond acceptors (Lipinski definition) is 9. The van der Waals surface area contributed by atoms with Crippen molar-refractivity contribution in [2.24, 2.45) is 0 Å². The Kier molecular flexibility index (Phi) is 9.10. The molecule has 2 heterocycles. The van der Waals surface area contributed by atoms with Gasteiger partial charge in [-0.25, -0.2) is 4.98 Å². The fraction of sp³-hybridized carbons (Fsp3) is 0.381. The summed E-state index contributed by atoms with van der Waals surface area (Å²) in [5.74, 6) is 0.782. The maximum absolute atomic E-state index is 12.4. The number of nitrogens with zero attached hydrogens (tertiary/aromatic N) is 4. The van der Waals surface area contributed by atoms with Gasteiger partial charge in [0.05, 0.1) is 29.5 Å². The first kappa shape index (κ1) is 25.0. The number of amides is 1. The Bertz CT molecular complexity index is 1120. The number of esters is 1. The molecule has 176 valence electrons. The Balaban J connectivity index is 1.53. The molecular formula is C21H24ClN5O4S2. The number of hydrogen-bond donors (Lipinski definition) is 1. The highest BCUT2D eigenvalue weighted by atomic mass is 35.5. The van der Waals surface area contributed by atoms with Crippen molar-refractivity contribution >= 4 is 51.7 Å². The zero-order chi connectivity index (χ0) is 23.8. The van der Waals surface area contributed by atoms with Crippen molar-refractivity contribution < 1.29 is 19.1 Å². The van der Waals surface area contributed by atoms with E-state index in [1.807, 2.05) is 30.5 Å². The first-order valence-electron chi connectivity index (χ1n) is 10.2. The Morgan fingerprint density at radius 3 is 2.85 bits per heavy atom. The standard InChI is InChI=1S/C21H24ClN5O4S2/c1-4-27-17(10-31-16-8-13(3)6-7-15(16)22)25-26-21(27)33-12-18(28)24-20-23-14(11-32-20)9-19(29)30-5-2/h6-8,11H,4-5,9-10,12H2,1-3H3,(H,23,24,28). The van der Waals surface area contributed by atoms with Crippen LogP contribution in [0.1, 0.15) is 30.9 Å². The van der Waals surface area contributed by atoms with Crippen LogP contribution in [-0.2, 0) is 33.9 Å². The van der Waals surface area contributed by atoms with Crippen molar-refractivity contribution in [1.29, 1.82) is 0 Å². The predicted molar refractivity (Wildman–Crippen MR) is 128 cm³/mol. The van der Waals surface area contributed by atoms with Crippen molar-refractivity contribution in [3.8, 4) is 5.75 Å². The molecule has 3 rings (SSSR count). The van der Waals surface area contributed by atoms with Gasteiger partial charge in [0.1, 0.15) is 12.4 Å². The molecule has 0 saturated heterocycles. The second kappa shape index (κ2) is 12.0. The van der Waals surface area contributed by atoms with Gasteiger partial charge in [-0.2, -0.15) is 0 Å². The number of nitrogens with one attached hydrogen (secondary N) is 1. The lowest BCUT2D eigenvalue weighted by Crippen LogP contribution is -2.15. The van der Waals surface area contributed by atoms with Crippen LogP contribution in [0.4, 0.5) is 5.13 Å². The second-order valence-corrected chi connectivity index (χ2v) is 9.04. The summed E-state index contributed by atoms with van der Waals surface area (Å²) in [4.78, 5) is 28.1. The van der Waals surface area contributed by atoms with Crippen molar-refractivity contribution in [3.63, 3.8) is 0 Å². The molecule has 1 amide bonds. The molecule has 0 aliphatic heterocycles. The van der Waals surface area contributed by atoms with Gasteiger partial charge in [0, 0.05) is 11.9 Å². The lowest BCUT2D eigenvalue weighted by atomic mass is 10.2. The van der Waals surface area contributed by atoms with E-state index in [4.69, 9.17) is 21.1 Å². The van der Waals surface area contributed by atoms with Gasteiger partial charge in [-0.05, 0) is 38.5 Å². The third kappa shape index (κ3) is 7.18. The van der Waals surface area contributed by atoms with Crippen LogP contribution in [0.2, 0.25) is 5.02 Å². The molecule has 33 heavy (non-hydrogen) atoms. The van der Waals surface area contributed by atoms with Crippen LogP contribution in [0.5, 0.6) is 5.75 Å². The van der Waals surface area contributed by atoms with E-state index in [1.165, 1.54) is 23.1 Å². The number of ether oxygens (including phenoxy) is 2. The van der Waals surface area contributed by atoms with Crippen LogP contribution in [0.15, 0.2) is 28.7 Å². The second-order valence-electron chi connectivity index (χ2n) is 6.83. The van der Waals surface area contributed by atoms with Crippen LogP contribution in [0.3, 0.4) is 0 Å². The fourth-order valence-electron chi connectivity index (χ4n) is 2.80. The highest BCUT2D eigenvalue weighted by Gasteiger charge is 2.16. The normalized spacial score (nSPS) is 10.8. The monoisotopic (exact) mass is 509 g/mol. The zero-order valence-electron chi connectivity index (χ0n) is 18.5. The number of carbonyl (C=O) groups excluding carboxylic acids is 2. The molecule has 1 aromatic carbocycles. The van der Waals surface area contributed by atoms with Crippen LogP contribution in [-0.4, -0.2) is 44.0 Å². The first-order valence-corrected chi connectivity index (χ1v) is 12.5. The van der Waals surface area contributed by atoms with Crippen LogP contribution >= 0.6 is 34.7 Å². The van der Waals surface area contributed by atoms with Crippen molar-refractivity contribution in [2.75, 3.05) is 17.7 Å². The summed E-state index contributed by atoms with van der Waals surface area (Å²) in [6.45, 7) is 6.83. The minimum atomic E-state index is -0.348. The fourth-order valence-corrected chi connectivity index (χ4v) is 4.52. The minimum Gasteiger partial charge on any atom is -0.484 e. The van der Waals surface area contributed by atoms with Gasteiger partial charge in [0.2, 0.25) is 5.91 Å².